The number of ether oxygens (including phenoxy) is 5. The highest BCUT2D eigenvalue weighted by Crippen LogP contribution is 2.37. The van der Waals surface area contributed by atoms with Gasteiger partial charge in [-0.05, 0) is 31.0 Å². The largest absolute Gasteiger partial charge is 0.507 e. The van der Waals surface area contributed by atoms with Crippen molar-refractivity contribution >= 4 is 5.78 Å². The molecule has 2 aliphatic heterocycles. The van der Waals surface area contributed by atoms with E-state index in [1.807, 2.05) is 0 Å². The Bertz CT molecular complexity index is 1250. The van der Waals surface area contributed by atoms with E-state index in [-0.39, 0.29) is 30.1 Å². The van der Waals surface area contributed by atoms with Gasteiger partial charge in [-0.1, -0.05) is 6.07 Å². The maximum Gasteiger partial charge on any atom is 0.229 e. The fourth-order valence-electron chi connectivity index (χ4n) is 4.93. The van der Waals surface area contributed by atoms with Crippen molar-refractivity contribution in [3.63, 3.8) is 0 Å². The van der Waals surface area contributed by atoms with E-state index in [0.717, 1.165) is 12.1 Å². The molecule has 0 bridgehead atoms. The molecule has 238 valence electrons. The highest BCUT2D eigenvalue weighted by Gasteiger charge is 2.51. The number of methoxy groups -OCH3 is 1. The van der Waals surface area contributed by atoms with Crippen LogP contribution in [0.25, 0.3) is 0 Å². The van der Waals surface area contributed by atoms with Crippen LogP contribution in [0.2, 0.25) is 0 Å². The summed E-state index contributed by atoms with van der Waals surface area (Å²) < 4.78 is 27.2. The second-order valence-electron chi connectivity index (χ2n) is 10.4. The number of aryl methyl sites for hydroxylation is 1. The number of rotatable bonds is 10. The molecule has 2 heterocycles. The molecule has 10 atom stereocenters. The number of hydrogen-bond donors (Lipinski definition) is 9. The highest BCUT2D eigenvalue weighted by atomic mass is 16.8. The van der Waals surface area contributed by atoms with Crippen molar-refractivity contribution in [3.05, 3.63) is 41.5 Å². The van der Waals surface area contributed by atoms with E-state index in [0.29, 0.717) is 5.56 Å². The lowest BCUT2D eigenvalue weighted by atomic mass is 9.97. The van der Waals surface area contributed by atoms with Crippen LogP contribution in [0.1, 0.15) is 29.3 Å². The van der Waals surface area contributed by atoms with Gasteiger partial charge in [0.05, 0.1) is 19.8 Å². The van der Waals surface area contributed by atoms with Crippen LogP contribution in [-0.4, -0.2) is 127 Å². The SMILES string of the molecule is COc1ccc(CCC(=O)c2c(O)cc(O[C@@H]3O[C@H](CO)[C@@H](O)[C@H](O)[C@H]3OC3O[C@@H](C)[C@H](O)[C@@H](O)[C@H]3O)cc2O)cc1O. The Balaban J connectivity index is 1.51. The molecule has 0 aliphatic carbocycles. The fraction of sp³-hybridized carbons (Fsp3) is 0.536. The number of benzene rings is 2. The Kier molecular flexibility index (Phi) is 10.3. The van der Waals surface area contributed by atoms with Gasteiger partial charge in [0.2, 0.25) is 6.29 Å². The van der Waals surface area contributed by atoms with Gasteiger partial charge in [0.15, 0.2) is 29.7 Å². The molecule has 4 rings (SSSR count). The summed E-state index contributed by atoms with van der Waals surface area (Å²) in [6.07, 6.45) is -15.5. The van der Waals surface area contributed by atoms with E-state index in [1.54, 1.807) is 6.07 Å². The first-order valence-electron chi connectivity index (χ1n) is 13.5. The van der Waals surface area contributed by atoms with Gasteiger partial charge in [0, 0.05) is 18.6 Å². The first-order valence-corrected chi connectivity index (χ1v) is 13.5. The topological polar surface area (TPSA) is 245 Å². The standard InChI is InChI=1S/C28H36O15/c1-11-21(34)23(36)25(38)27(40-11)43-26-24(37)22(35)19(10-29)42-28(26)41-13-8-16(32)20(17(33)9-13)14(30)5-3-12-4-6-18(39-2)15(31)7-12/h4,6-9,11,19,21-29,31-38H,3,5,10H2,1-2H3/t11-,19+,21-,22+,23+,24-,25+,26+,27?,28+/m0/s1. The van der Waals surface area contributed by atoms with Crippen LogP contribution < -0.4 is 9.47 Å². The van der Waals surface area contributed by atoms with E-state index in [9.17, 15) is 50.8 Å². The summed E-state index contributed by atoms with van der Waals surface area (Å²) in [5, 5.41) is 92.3. The smallest absolute Gasteiger partial charge is 0.229 e. The van der Waals surface area contributed by atoms with Gasteiger partial charge in [-0.2, -0.15) is 0 Å². The first-order chi connectivity index (χ1) is 20.4. The monoisotopic (exact) mass is 612 g/mol. The Morgan fingerprint density at radius 2 is 1.51 bits per heavy atom. The predicted octanol–water partition coefficient (Wildman–Crippen LogP) is -1.34. The van der Waals surface area contributed by atoms with Gasteiger partial charge in [0.1, 0.15) is 59.4 Å². The second-order valence-corrected chi connectivity index (χ2v) is 10.4. The lowest BCUT2D eigenvalue weighted by molar-refractivity contribution is -0.354. The molecule has 15 heteroatoms. The third-order valence-corrected chi connectivity index (χ3v) is 7.41. The number of phenols is 3. The molecular weight excluding hydrogens is 576 g/mol. The average Bonchev–Trinajstić information content (AvgIpc) is 2.96. The Hall–Kier alpha value is -3.25. The highest BCUT2D eigenvalue weighted by molar-refractivity contribution is 6.01. The third-order valence-electron chi connectivity index (χ3n) is 7.41. The summed E-state index contributed by atoms with van der Waals surface area (Å²) in [5.74, 6) is -2.04. The Morgan fingerprint density at radius 3 is 2.12 bits per heavy atom. The molecule has 0 spiro atoms. The maximum atomic E-state index is 12.9. The van der Waals surface area contributed by atoms with Gasteiger partial charge in [-0.3, -0.25) is 4.79 Å². The zero-order chi connectivity index (χ0) is 31.6. The first kappa shape index (κ1) is 32.7. The predicted molar refractivity (Wildman–Crippen MR) is 143 cm³/mol. The van der Waals surface area contributed by atoms with Crippen LogP contribution in [0.3, 0.4) is 0 Å². The number of aromatic hydroxyl groups is 3. The molecule has 2 aromatic rings. The molecule has 1 unspecified atom stereocenters. The molecule has 2 saturated heterocycles. The molecule has 2 aliphatic rings. The Morgan fingerprint density at radius 1 is 0.837 bits per heavy atom. The van der Waals surface area contributed by atoms with Crippen LogP contribution in [0, 0.1) is 0 Å². The lowest BCUT2D eigenvalue weighted by Crippen LogP contribution is -2.64. The van der Waals surface area contributed by atoms with E-state index in [4.69, 9.17) is 23.7 Å². The minimum absolute atomic E-state index is 0.110. The van der Waals surface area contributed by atoms with E-state index >= 15 is 0 Å². The number of hydrogen-bond acceptors (Lipinski definition) is 15. The summed E-state index contributed by atoms with van der Waals surface area (Å²) in [7, 11) is 1.40. The lowest BCUT2D eigenvalue weighted by Gasteiger charge is -2.45. The molecule has 0 amide bonds. The number of carbonyl (C=O) groups excluding carboxylic acids is 1. The number of aliphatic hydroxyl groups excluding tert-OH is 6. The van der Waals surface area contributed by atoms with Crippen molar-refractivity contribution in [2.75, 3.05) is 13.7 Å². The minimum atomic E-state index is -1.79. The third kappa shape index (κ3) is 6.95. The molecule has 15 nitrogen and oxygen atoms in total. The summed E-state index contributed by atoms with van der Waals surface area (Å²) in [5.41, 5.74) is 0.208. The zero-order valence-corrected chi connectivity index (χ0v) is 23.3. The molecule has 0 radical (unpaired) electrons. The van der Waals surface area contributed by atoms with Gasteiger partial charge >= 0.3 is 0 Å². The van der Waals surface area contributed by atoms with E-state index < -0.39 is 90.9 Å². The summed E-state index contributed by atoms with van der Waals surface area (Å²) in [6, 6.07) is 6.59. The number of ketones is 1. The van der Waals surface area contributed by atoms with Crippen molar-refractivity contribution < 1.29 is 74.4 Å². The molecule has 0 saturated carbocycles. The van der Waals surface area contributed by atoms with Gasteiger partial charge < -0.3 is 69.6 Å². The van der Waals surface area contributed by atoms with Crippen molar-refractivity contribution in [1.29, 1.82) is 0 Å². The fourth-order valence-corrected chi connectivity index (χ4v) is 4.93. The normalized spacial score (nSPS) is 32.7. The average molecular weight is 613 g/mol. The summed E-state index contributed by atoms with van der Waals surface area (Å²) in [4.78, 5) is 12.9. The molecule has 43 heavy (non-hydrogen) atoms. The molecular formula is C28H36O15. The van der Waals surface area contributed by atoms with Gasteiger partial charge in [-0.15, -0.1) is 0 Å². The number of carbonyl (C=O) groups is 1. The van der Waals surface area contributed by atoms with Gasteiger partial charge in [0.25, 0.3) is 0 Å². The number of phenolic OH excluding ortho intramolecular Hbond substituents is 3. The number of aliphatic hydroxyl groups is 6. The Labute approximate surface area is 245 Å². The van der Waals surface area contributed by atoms with Crippen molar-refractivity contribution in [2.24, 2.45) is 0 Å². The summed E-state index contributed by atoms with van der Waals surface area (Å²) in [6.45, 7) is 0.662. The van der Waals surface area contributed by atoms with Gasteiger partial charge in [-0.25, -0.2) is 0 Å². The number of Topliss-reactive ketones (excluding diaryl/α,β-unsaturated/α-hetero) is 1. The van der Waals surface area contributed by atoms with Crippen LogP contribution in [0.15, 0.2) is 30.3 Å². The molecule has 9 N–H and O–H groups in total. The van der Waals surface area contributed by atoms with Crippen LogP contribution in [-0.2, 0) is 20.6 Å². The molecule has 2 fully saturated rings. The van der Waals surface area contributed by atoms with Crippen molar-refractivity contribution in [2.45, 2.75) is 81.2 Å². The van der Waals surface area contributed by atoms with E-state index in [2.05, 4.69) is 0 Å². The van der Waals surface area contributed by atoms with Crippen LogP contribution in [0.5, 0.6) is 28.7 Å². The van der Waals surface area contributed by atoms with E-state index in [1.165, 1.54) is 26.2 Å². The van der Waals surface area contributed by atoms with Crippen molar-refractivity contribution in [3.8, 4) is 28.7 Å². The van der Waals surface area contributed by atoms with Crippen LogP contribution >= 0.6 is 0 Å². The summed E-state index contributed by atoms with van der Waals surface area (Å²) >= 11 is 0. The minimum Gasteiger partial charge on any atom is -0.507 e. The van der Waals surface area contributed by atoms with Crippen molar-refractivity contribution in [1.82, 2.24) is 0 Å². The second kappa shape index (κ2) is 13.6. The zero-order valence-electron chi connectivity index (χ0n) is 23.3. The maximum absolute atomic E-state index is 12.9. The molecule has 0 aromatic heterocycles. The quantitative estimate of drug-likeness (QED) is 0.141. The molecule has 2 aromatic carbocycles. The van der Waals surface area contributed by atoms with Crippen LogP contribution in [0.4, 0.5) is 0 Å².